The van der Waals surface area contributed by atoms with Crippen LogP contribution in [0.15, 0.2) is 24.8 Å². The van der Waals surface area contributed by atoms with Crippen molar-refractivity contribution >= 4 is 30.8 Å². The van der Waals surface area contributed by atoms with Gasteiger partial charge in [-0.25, -0.2) is 19.7 Å². The molecule has 0 spiro atoms. The van der Waals surface area contributed by atoms with E-state index in [-0.39, 0.29) is 17.0 Å². The number of rotatable bonds is 6. The van der Waals surface area contributed by atoms with E-state index < -0.39 is 44.9 Å². The lowest BCUT2D eigenvalue weighted by molar-refractivity contribution is -0.226. The lowest BCUT2D eigenvalue weighted by Crippen LogP contribution is -2.34. The van der Waals surface area contributed by atoms with Crippen molar-refractivity contribution in [1.82, 2.24) is 19.5 Å². The van der Waals surface area contributed by atoms with E-state index in [1.54, 1.807) is 0 Å². The molecule has 14 heteroatoms. The Balaban J connectivity index is 1.71. The summed E-state index contributed by atoms with van der Waals surface area (Å²) in [5.74, 6) is -1.01. The van der Waals surface area contributed by atoms with E-state index in [0.29, 0.717) is 0 Å². The standard InChI is InChI=1S/C14H18N5O8P/c1-2-3-8(20)27-28(23,24)25-4-7-10(21)11(22)14(26-7)19-6-18-9-12(15)16-5-17-13(9)19/h2-3,5-7,10-11,14,21-22H,4H2,1H3,(H,23,24)(H2,15,16,17)/p-1/b3-2+/t7-,10-,11-,14-/m1/s1. The number of phosphoric ester groups is 1. The van der Waals surface area contributed by atoms with Crippen molar-refractivity contribution in [2.24, 2.45) is 0 Å². The molecule has 1 aliphatic heterocycles. The molecule has 0 aliphatic carbocycles. The van der Waals surface area contributed by atoms with Crippen LogP contribution in [0.1, 0.15) is 13.2 Å². The van der Waals surface area contributed by atoms with Crippen LogP contribution in [-0.4, -0.2) is 60.6 Å². The van der Waals surface area contributed by atoms with Gasteiger partial charge in [-0.2, -0.15) is 0 Å². The van der Waals surface area contributed by atoms with Gasteiger partial charge in [0.2, 0.25) is 0 Å². The van der Waals surface area contributed by atoms with E-state index in [0.717, 1.165) is 6.08 Å². The molecule has 28 heavy (non-hydrogen) atoms. The Morgan fingerprint density at radius 2 is 2.18 bits per heavy atom. The van der Waals surface area contributed by atoms with E-state index in [2.05, 4.69) is 24.0 Å². The number of carbonyl (C=O) groups excluding carboxylic acids is 1. The number of imidazole rings is 1. The fourth-order valence-corrected chi connectivity index (χ4v) is 3.28. The molecule has 2 aromatic rings. The molecule has 5 atom stereocenters. The summed E-state index contributed by atoms with van der Waals surface area (Å²) in [6.07, 6.45) is -0.645. The van der Waals surface area contributed by atoms with Crippen molar-refractivity contribution in [2.45, 2.75) is 31.5 Å². The van der Waals surface area contributed by atoms with Gasteiger partial charge in [-0.05, 0) is 6.92 Å². The molecule has 1 aliphatic rings. The average Bonchev–Trinajstić information content (AvgIpc) is 3.16. The van der Waals surface area contributed by atoms with Crippen LogP contribution in [-0.2, 0) is 23.1 Å². The van der Waals surface area contributed by atoms with Gasteiger partial charge in [0.05, 0.1) is 12.9 Å². The second-order valence-electron chi connectivity index (χ2n) is 5.78. The number of nitrogens with zero attached hydrogens (tertiary/aromatic N) is 4. The summed E-state index contributed by atoms with van der Waals surface area (Å²) in [5.41, 5.74) is 6.22. The summed E-state index contributed by atoms with van der Waals surface area (Å²) >= 11 is 0. The Bertz CT molecular complexity index is 949. The second kappa shape index (κ2) is 7.91. The van der Waals surface area contributed by atoms with Gasteiger partial charge in [-0.1, -0.05) is 6.08 Å². The van der Waals surface area contributed by atoms with E-state index in [9.17, 15) is 24.5 Å². The van der Waals surface area contributed by atoms with Crippen molar-refractivity contribution in [3.05, 3.63) is 24.8 Å². The number of aromatic nitrogens is 4. The summed E-state index contributed by atoms with van der Waals surface area (Å²) in [5, 5.41) is 20.4. The lowest BCUT2D eigenvalue weighted by Gasteiger charge is -2.23. The van der Waals surface area contributed by atoms with Gasteiger partial charge in [0.15, 0.2) is 17.7 Å². The molecule has 13 nitrogen and oxygen atoms in total. The average molecular weight is 414 g/mol. The Kier molecular flexibility index (Phi) is 5.74. The molecule has 3 rings (SSSR count). The lowest BCUT2D eigenvalue weighted by atomic mass is 10.1. The molecule has 2 aromatic heterocycles. The maximum absolute atomic E-state index is 11.7. The van der Waals surface area contributed by atoms with E-state index in [4.69, 9.17) is 10.5 Å². The van der Waals surface area contributed by atoms with Gasteiger partial charge in [0, 0.05) is 6.08 Å². The Hall–Kier alpha value is -2.41. The summed E-state index contributed by atoms with van der Waals surface area (Å²) < 4.78 is 27.3. The predicted molar refractivity (Wildman–Crippen MR) is 90.1 cm³/mol. The maximum Gasteiger partial charge on any atom is 0.336 e. The van der Waals surface area contributed by atoms with Gasteiger partial charge in [0.25, 0.3) is 0 Å². The third-order valence-electron chi connectivity index (χ3n) is 3.90. The molecule has 0 aromatic carbocycles. The number of hydrogen-bond donors (Lipinski definition) is 3. The maximum atomic E-state index is 11.7. The number of ether oxygens (including phenoxy) is 1. The van der Waals surface area contributed by atoms with E-state index in [1.165, 1.54) is 30.2 Å². The van der Waals surface area contributed by atoms with Crippen LogP contribution in [0.5, 0.6) is 0 Å². The monoisotopic (exact) mass is 414 g/mol. The molecule has 152 valence electrons. The minimum Gasteiger partial charge on any atom is -0.746 e. The highest BCUT2D eigenvalue weighted by molar-refractivity contribution is 7.46. The SMILES string of the molecule is C/C=C/C(=O)OP(=O)([O-])OC[C@H]1O[C@@H](n2cnc3c(N)ncnc32)[C@H](O)[C@@H]1O. The first-order valence-electron chi connectivity index (χ1n) is 8.00. The number of fused-ring (bicyclic) bond motifs is 1. The topological polar surface area (TPSA) is 195 Å². The Morgan fingerprint density at radius 3 is 2.89 bits per heavy atom. The Labute approximate surface area is 158 Å². The molecule has 1 unspecified atom stereocenters. The Morgan fingerprint density at radius 1 is 1.43 bits per heavy atom. The zero-order valence-corrected chi connectivity index (χ0v) is 15.4. The molecule has 3 heterocycles. The number of aliphatic hydroxyl groups is 2. The van der Waals surface area contributed by atoms with Gasteiger partial charge < -0.3 is 34.6 Å². The van der Waals surface area contributed by atoms with Crippen molar-refractivity contribution in [1.29, 1.82) is 0 Å². The molecule has 1 saturated heterocycles. The van der Waals surface area contributed by atoms with Gasteiger partial charge >= 0.3 is 13.8 Å². The fourth-order valence-electron chi connectivity index (χ4n) is 2.62. The van der Waals surface area contributed by atoms with Crippen LogP contribution in [0.4, 0.5) is 5.82 Å². The van der Waals surface area contributed by atoms with Gasteiger partial charge in [0.1, 0.15) is 30.2 Å². The normalized spacial score (nSPS) is 27.3. The minimum absolute atomic E-state index is 0.118. The van der Waals surface area contributed by atoms with Crippen LogP contribution < -0.4 is 10.6 Å². The number of aliphatic hydroxyl groups excluding tert-OH is 2. The fraction of sp³-hybridized carbons (Fsp3) is 0.429. The first kappa shape index (κ1) is 20.3. The molecule has 1 fully saturated rings. The van der Waals surface area contributed by atoms with Crippen LogP contribution in [0, 0.1) is 0 Å². The van der Waals surface area contributed by atoms with E-state index >= 15 is 0 Å². The van der Waals surface area contributed by atoms with Crippen molar-refractivity contribution in [3.8, 4) is 0 Å². The molecule has 4 N–H and O–H groups in total. The number of phosphoric acid groups is 1. The third-order valence-corrected chi connectivity index (χ3v) is 4.77. The number of anilines is 1. The van der Waals surface area contributed by atoms with Crippen LogP contribution in [0.25, 0.3) is 11.2 Å². The van der Waals surface area contributed by atoms with Crippen molar-refractivity contribution < 1.29 is 38.3 Å². The van der Waals surface area contributed by atoms with Crippen molar-refractivity contribution in [3.63, 3.8) is 0 Å². The molecule has 0 amide bonds. The number of nitrogen functional groups attached to an aromatic ring is 1. The smallest absolute Gasteiger partial charge is 0.336 e. The highest BCUT2D eigenvalue weighted by Gasteiger charge is 2.45. The zero-order valence-electron chi connectivity index (χ0n) is 14.5. The number of hydrogen-bond acceptors (Lipinski definition) is 12. The summed E-state index contributed by atoms with van der Waals surface area (Å²) in [6.45, 7) is 0.808. The van der Waals surface area contributed by atoms with Crippen LogP contribution in [0.3, 0.4) is 0 Å². The molecule has 0 radical (unpaired) electrons. The molecule has 0 saturated carbocycles. The highest BCUT2D eigenvalue weighted by Crippen LogP contribution is 2.40. The number of allylic oxidation sites excluding steroid dienone is 1. The molecular weight excluding hydrogens is 397 g/mol. The summed E-state index contributed by atoms with van der Waals surface area (Å²) in [6, 6.07) is 0. The third kappa shape index (κ3) is 4.04. The van der Waals surface area contributed by atoms with E-state index in [1.807, 2.05) is 0 Å². The molecule has 0 bridgehead atoms. The first-order chi connectivity index (χ1) is 13.2. The quantitative estimate of drug-likeness (QED) is 0.371. The number of nitrogens with two attached hydrogens (primary N) is 1. The zero-order chi connectivity index (χ0) is 20.5. The highest BCUT2D eigenvalue weighted by atomic mass is 31.2. The number of carbonyl (C=O) groups is 1. The first-order valence-corrected chi connectivity index (χ1v) is 9.46. The predicted octanol–water partition coefficient (Wildman–Crippen LogP) is -1.37. The molecular formula is C14H17N5O8P-. The van der Waals surface area contributed by atoms with Gasteiger partial charge in [-0.15, -0.1) is 0 Å². The van der Waals surface area contributed by atoms with Crippen LogP contribution in [0.2, 0.25) is 0 Å². The largest absolute Gasteiger partial charge is 0.746 e. The minimum atomic E-state index is -4.98. The summed E-state index contributed by atoms with van der Waals surface area (Å²) in [4.78, 5) is 34.7. The second-order valence-corrected chi connectivity index (χ2v) is 7.12. The van der Waals surface area contributed by atoms with Gasteiger partial charge in [-0.3, -0.25) is 9.13 Å². The van der Waals surface area contributed by atoms with Crippen LogP contribution >= 0.6 is 7.82 Å². The summed E-state index contributed by atoms with van der Waals surface area (Å²) in [7, 11) is -4.98. The van der Waals surface area contributed by atoms with Crippen molar-refractivity contribution in [2.75, 3.05) is 12.3 Å².